The first-order valence-electron chi connectivity index (χ1n) is 7.24. The van der Waals surface area contributed by atoms with Gasteiger partial charge in [-0.2, -0.15) is 0 Å². The maximum Gasteiger partial charge on any atom is 0.250 e. The number of guanidine groups is 1. The molecule has 0 aromatic carbocycles. The number of nitrogens with one attached hydrogen (secondary N) is 2. The van der Waals surface area contributed by atoms with Gasteiger partial charge in [-0.3, -0.25) is 10.1 Å². The molecule has 2 atom stereocenters. The second-order valence-electron chi connectivity index (χ2n) is 5.35. The van der Waals surface area contributed by atoms with Crippen LogP contribution in [0.25, 0.3) is 0 Å². The van der Waals surface area contributed by atoms with Gasteiger partial charge in [0.25, 0.3) is 0 Å². The summed E-state index contributed by atoms with van der Waals surface area (Å²) in [6.07, 6.45) is 2.20. The summed E-state index contributed by atoms with van der Waals surface area (Å²) in [7, 11) is 0. The number of hydrogen-bond acceptors (Lipinski definition) is 3. The standard InChI is InChI=1S/C15H29N3O2/c1-7-14(19)18-15(16-12(5)9-11(3)4)17-13(6)10-20-8-2/h7,11-13H,1,8-10H2,2-6H3,(H2,16,17,18,19). The monoisotopic (exact) mass is 283 g/mol. The van der Waals surface area contributed by atoms with E-state index in [0.717, 1.165) is 6.42 Å². The van der Waals surface area contributed by atoms with Gasteiger partial charge < -0.3 is 10.1 Å². The molecule has 0 spiro atoms. The van der Waals surface area contributed by atoms with E-state index >= 15 is 0 Å². The van der Waals surface area contributed by atoms with Crippen LogP contribution in [-0.4, -0.2) is 37.2 Å². The number of ether oxygens (including phenoxy) is 1. The van der Waals surface area contributed by atoms with Gasteiger partial charge in [0.15, 0.2) is 5.96 Å². The molecule has 0 radical (unpaired) electrons. The zero-order chi connectivity index (χ0) is 15.5. The lowest BCUT2D eigenvalue weighted by Crippen LogP contribution is -2.46. The van der Waals surface area contributed by atoms with Crippen LogP contribution in [0.15, 0.2) is 17.6 Å². The van der Waals surface area contributed by atoms with E-state index in [2.05, 4.69) is 36.1 Å². The summed E-state index contributed by atoms with van der Waals surface area (Å²) in [5.41, 5.74) is 0. The minimum Gasteiger partial charge on any atom is -0.380 e. The lowest BCUT2D eigenvalue weighted by atomic mass is 10.1. The molecule has 5 heteroatoms. The van der Waals surface area contributed by atoms with Crippen LogP contribution in [0.2, 0.25) is 0 Å². The summed E-state index contributed by atoms with van der Waals surface area (Å²) in [6, 6.07) is 0.215. The van der Waals surface area contributed by atoms with E-state index in [9.17, 15) is 4.79 Å². The summed E-state index contributed by atoms with van der Waals surface area (Å²) in [5, 5.41) is 5.87. The zero-order valence-electron chi connectivity index (χ0n) is 13.4. The third-order valence-electron chi connectivity index (χ3n) is 2.54. The fourth-order valence-electron chi connectivity index (χ4n) is 1.80. The predicted molar refractivity (Wildman–Crippen MR) is 83.8 cm³/mol. The lowest BCUT2D eigenvalue weighted by molar-refractivity contribution is -0.115. The van der Waals surface area contributed by atoms with E-state index in [1.807, 2.05) is 20.8 Å². The van der Waals surface area contributed by atoms with Gasteiger partial charge in [0, 0.05) is 12.6 Å². The smallest absolute Gasteiger partial charge is 0.250 e. The number of nitrogens with zero attached hydrogens (tertiary/aromatic N) is 1. The Balaban J connectivity index is 4.65. The molecule has 116 valence electrons. The normalized spacial score (nSPS) is 14.8. The van der Waals surface area contributed by atoms with E-state index < -0.39 is 0 Å². The van der Waals surface area contributed by atoms with E-state index in [-0.39, 0.29) is 18.0 Å². The van der Waals surface area contributed by atoms with Gasteiger partial charge in [-0.25, -0.2) is 4.99 Å². The average molecular weight is 283 g/mol. The number of rotatable bonds is 8. The Kier molecular flexibility index (Phi) is 9.72. The van der Waals surface area contributed by atoms with Crippen LogP contribution in [0.3, 0.4) is 0 Å². The number of carbonyl (C=O) groups excluding carboxylic acids is 1. The molecule has 0 rings (SSSR count). The molecule has 0 aromatic heterocycles. The van der Waals surface area contributed by atoms with E-state index in [4.69, 9.17) is 4.74 Å². The SMILES string of the molecule is C=CC(=O)NC(=NC(C)CC(C)C)NC(C)COCC. The molecular formula is C15H29N3O2. The van der Waals surface area contributed by atoms with E-state index in [1.165, 1.54) is 6.08 Å². The zero-order valence-corrected chi connectivity index (χ0v) is 13.4. The summed E-state index contributed by atoms with van der Waals surface area (Å²) in [4.78, 5) is 16.0. The van der Waals surface area contributed by atoms with Gasteiger partial charge in [0.1, 0.15) is 0 Å². The number of carbonyl (C=O) groups is 1. The number of hydrogen-bond donors (Lipinski definition) is 2. The van der Waals surface area contributed by atoms with Gasteiger partial charge >= 0.3 is 0 Å². The van der Waals surface area contributed by atoms with Gasteiger partial charge in [-0.1, -0.05) is 20.4 Å². The van der Waals surface area contributed by atoms with Crippen molar-refractivity contribution in [3.8, 4) is 0 Å². The summed E-state index contributed by atoms with van der Waals surface area (Å²) in [6.45, 7) is 15.0. The minimum absolute atomic E-state index is 0.0741. The molecule has 0 aliphatic rings. The first kappa shape index (κ1) is 18.6. The van der Waals surface area contributed by atoms with E-state index in [1.54, 1.807) is 0 Å². The Bertz CT molecular complexity index is 327. The van der Waals surface area contributed by atoms with Crippen LogP contribution in [0.5, 0.6) is 0 Å². The molecule has 0 fully saturated rings. The molecule has 2 unspecified atom stereocenters. The highest BCUT2D eigenvalue weighted by atomic mass is 16.5. The van der Waals surface area contributed by atoms with Crippen molar-refractivity contribution in [1.29, 1.82) is 0 Å². The second-order valence-corrected chi connectivity index (χ2v) is 5.35. The Labute approximate surface area is 122 Å². The number of amides is 1. The molecule has 0 saturated carbocycles. The lowest BCUT2D eigenvalue weighted by Gasteiger charge is -2.19. The van der Waals surface area contributed by atoms with Crippen molar-refractivity contribution >= 4 is 11.9 Å². The number of aliphatic imine (C=N–C) groups is 1. The molecule has 0 saturated heterocycles. The van der Waals surface area contributed by atoms with Crippen LogP contribution in [0.1, 0.15) is 41.0 Å². The predicted octanol–water partition coefficient (Wildman–Crippen LogP) is 2.09. The van der Waals surface area contributed by atoms with Gasteiger partial charge in [-0.05, 0) is 39.2 Å². The molecule has 20 heavy (non-hydrogen) atoms. The van der Waals surface area contributed by atoms with E-state index in [0.29, 0.717) is 25.1 Å². The maximum atomic E-state index is 11.4. The van der Waals surface area contributed by atoms with Crippen molar-refractivity contribution in [3.05, 3.63) is 12.7 Å². The highest BCUT2D eigenvalue weighted by Crippen LogP contribution is 2.07. The summed E-state index contributed by atoms with van der Waals surface area (Å²) >= 11 is 0. The minimum atomic E-state index is -0.267. The van der Waals surface area contributed by atoms with Crippen LogP contribution >= 0.6 is 0 Å². The van der Waals surface area contributed by atoms with Crippen LogP contribution in [-0.2, 0) is 9.53 Å². The molecule has 0 bridgehead atoms. The van der Waals surface area contributed by atoms with Crippen molar-refractivity contribution in [2.75, 3.05) is 13.2 Å². The largest absolute Gasteiger partial charge is 0.380 e. The third kappa shape index (κ3) is 9.55. The Hall–Kier alpha value is -1.36. The Morgan fingerprint density at radius 1 is 1.35 bits per heavy atom. The first-order chi connectivity index (χ1) is 9.38. The quantitative estimate of drug-likeness (QED) is 0.407. The fraction of sp³-hybridized carbons (Fsp3) is 0.733. The van der Waals surface area contributed by atoms with Gasteiger partial charge in [0.05, 0.1) is 12.6 Å². The Morgan fingerprint density at radius 3 is 2.50 bits per heavy atom. The highest BCUT2D eigenvalue weighted by Gasteiger charge is 2.10. The molecule has 5 nitrogen and oxygen atoms in total. The fourth-order valence-corrected chi connectivity index (χ4v) is 1.80. The van der Waals surface area contributed by atoms with Gasteiger partial charge in [0.2, 0.25) is 5.91 Å². The highest BCUT2D eigenvalue weighted by molar-refractivity contribution is 6.02. The molecule has 0 heterocycles. The third-order valence-corrected chi connectivity index (χ3v) is 2.54. The summed E-state index contributed by atoms with van der Waals surface area (Å²) < 4.78 is 5.35. The van der Waals surface area contributed by atoms with Crippen molar-refractivity contribution in [1.82, 2.24) is 10.6 Å². The van der Waals surface area contributed by atoms with Gasteiger partial charge in [-0.15, -0.1) is 0 Å². The molecule has 0 aromatic rings. The van der Waals surface area contributed by atoms with Crippen molar-refractivity contribution in [2.45, 2.75) is 53.1 Å². The molecular weight excluding hydrogens is 254 g/mol. The first-order valence-corrected chi connectivity index (χ1v) is 7.24. The van der Waals surface area contributed by atoms with Crippen molar-refractivity contribution in [3.63, 3.8) is 0 Å². The van der Waals surface area contributed by atoms with Crippen LogP contribution in [0.4, 0.5) is 0 Å². The second kappa shape index (κ2) is 10.4. The molecule has 0 aliphatic heterocycles. The topological polar surface area (TPSA) is 62.7 Å². The molecule has 1 amide bonds. The van der Waals surface area contributed by atoms with Crippen molar-refractivity contribution in [2.24, 2.45) is 10.9 Å². The Morgan fingerprint density at radius 2 is 2.00 bits per heavy atom. The van der Waals surface area contributed by atoms with Crippen LogP contribution < -0.4 is 10.6 Å². The maximum absolute atomic E-state index is 11.4. The average Bonchev–Trinajstić information content (AvgIpc) is 2.34. The summed E-state index contributed by atoms with van der Waals surface area (Å²) in [5.74, 6) is 0.776. The molecule has 2 N–H and O–H groups in total. The van der Waals surface area contributed by atoms with Crippen LogP contribution in [0, 0.1) is 5.92 Å². The molecule has 0 aliphatic carbocycles. The van der Waals surface area contributed by atoms with Crippen molar-refractivity contribution < 1.29 is 9.53 Å².